The molecular formula is C9H8F2IN. The highest BCUT2D eigenvalue weighted by atomic mass is 127. The Morgan fingerprint density at radius 3 is 2.38 bits per heavy atom. The Bertz CT molecular complexity index is 302. The second kappa shape index (κ2) is 4.55. The Labute approximate surface area is 89.0 Å². The van der Waals surface area contributed by atoms with Crippen molar-refractivity contribution in [3.8, 4) is 0 Å². The van der Waals surface area contributed by atoms with Gasteiger partial charge in [0.1, 0.15) is 11.6 Å². The van der Waals surface area contributed by atoms with Crippen LogP contribution in [-0.4, -0.2) is 6.54 Å². The van der Waals surface area contributed by atoms with Crippen LogP contribution in [0, 0.1) is 15.2 Å². The van der Waals surface area contributed by atoms with E-state index in [1.165, 1.54) is 12.1 Å². The molecule has 0 spiro atoms. The van der Waals surface area contributed by atoms with Crippen molar-refractivity contribution in [3.63, 3.8) is 0 Å². The molecule has 0 amide bonds. The van der Waals surface area contributed by atoms with Crippen LogP contribution < -0.4 is 5.32 Å². The smallest absolute Gasteiger partial charge is 0.141 e. The van der Waals surface area contributed by atoms with Crippen LogP contribution in [0.15, 0.2) is 24.8 Å². The fourth-order valence-corrected chi connectivity index (χ4v) is 1.16. The number of hydrogen-bond acceptors (Lipinski definition) is 1. The number of hydrogen-bond donors (Lipinski definition) is 1. The number of halogens is 3. The van der Waals surface area contributed by atoms with Crippen molar-refractivity contribution < 1.29 is 8.78 Å². The summed E-state index contributed by atoms with van der Waals surface area (Å²) < 4.78 is 25.9. The summed E-state index contributed by atoms with van der Waals surface area (Å²) >= 11 is 1.63. The van der Waals surface area contributed by atoms with E-state index in [-0.39, 0.29) is 3.57 Å². The maximum atomic E-state index is 13.0. The predicted octanol–water partition coefficient (Wildman–Crippen LogP) is 3.17. The Morgan fingerprint density at radius 2 is 1.92 bits per heavy atom. The fourth-order valence-electron chi connectivity index (χ4n) is 0.848. The molecule has 1 N–H and O–H groups in total. The third-order valence-corrected chi connectivity index (χ3v) is 2.46. The molecule has 13 heavy (non-hydrogen) atoms. The number of rotatable bonds is 3. The molecule has 1 aromatic rings. The van der Waals surface area contributed by atoms with Gasteiger partial charge in [0.25, 0.3) is 0 Å². The molecule has 0 atom stereocenters. The van der Waals surface area contributed by atoms with E-state index in [4.69, 9.17) is 0 Å². The molecule has 0 fully saturated rings. The second-order valence-electron chi connectivity index (χ2n) is 2.42. The van der Waals surface area contributed by atoms with Crippen molar-refractivity contribution in [1.29, 1.82) is 0 Å². The van der Waals surface area contributed by atoms with Gasteiger partial charge in [-0.3, -0.25) is 0 Å². The van der Waals surface area contributed by atoms with Gasteiger partial charge in [0.15, 0.2) is 0 Å². The van der Waals surface area contributed by atoms with Crippen molar-refractivity contribution in [1.82, 2.24) is 0 Å². The molecule has 0 heterocycles. The zero-order valence-electron chi connectivity index (χ0n) is 6.78. The number of nitrogens with one attached hydrogen (secondary N) is 1. The van der Waals surface area contributed by atoms with E-state index in [0.717, 1.165) is 0 Å². The minimum Gasteiger partial charge on any atom is -0.381 e. The molecule has 0 aliphatic carbocycles. The van der Waals surface area contributed by atoms with E-state index < -0.39 is 11.6 Å². The summed E-state index contributed by atoms with van der Waals surface area (Å²) in [6.07, 6.45) is 1.62. The van der Waals surface area contributed by atoms with E-state index in [0.29, 0.717) is 12.2 Å². The van der Waals surface area contributed by atoms with Crippen LogP contribution in [0.25, 0.3) is 0 Å². The first kappa shape index (κ1) is 10.4. The third-order valence-electron chi connectivity index (χ3n) is 1.43. The van der Waals surface area contributed by atoms with Crippen molar-refractivity contribution in [2.75, 3.05) is 11.9 Å². The van der Waals surface area contributed by atoms with E-state index in [9.17, 15) is 8.78 Å². The summed E-state index contributed by atoms with van der Waals surface area (Å²) in [4.78, 5) is 0. The lowest BCUT2D eigenvalue weighted by Gasteiger charge is -2.04. The SMILES string of the molecule is C=CCNc1cc(F)c(I)c(F)c1. The molecule has 70 valence electrons. The Kier molecular flexibility index (Phi) is 3.65. The molecule has 0 unspecified atom stereocenters. The van der Waals surface area contributed by atoms with Gasteiger partial charge in [-0.2, -0.15) is 0 Å². The molecule has 0 radical (unpaired) electrons. The van der Waals surface area contributed by atoms with Crippen LogP contribution >= 0.6 is 22.6 Å². The third kappa shape index (κ3) is 2.65. The van der Waals surface area contributed by atoms with E-state index >= 15 is 0 Å². The van der Waals surface area contributed by atoms with Gasteiger partial charge in [-0.15, -0.1) is 6.58 Å². The topological polar surface area (TPSA) is 12.0 Å². The van der Waals surface area contributed by atoms with Gasteiger partial charge in [0.05, 0.1) is 3.57 Å². The monoisotopic (exact) mass is 295 g/mol. The lowest BCUT2D eigenvalue weighted by Crippen LogP contribution is -2.00. The normalized spacial score (nSPS) is 9.77. The quantitative estimate of drug-likeness (QED) is 0.513. The van der Waals surface area contributed by atoms with Crippen LogP contribution in [0.1, 0.15) is 0 Å². The molecule has 0 bridgehead atoms. The lowest BCUT2D eigenvalue weighted by molar-refractivity contribution is 0.571. The predicted molar refractivity (Wildman–Crippen MR) is 57.8 cm³/mol. The van der Waals surface area contributed by atoms with Gasteiger partial charge < -0.3 is 5.32 Å². The maximum Gasteiger partial charge on any atom is 0.141 e. The summed E-state index contributed by atoms with van der Waals surface area (Å²) in [5, 5.41) is 2.80. The van der Waals surface area contributed by atoms with Crippen LogP contribution in [0.4, 0.5) is 14.5 Å². The zero-order chi connectivity index (χ0) is 9.84. The van der Waals surface area contributed by atoms with Gasteiger partial charge in [-0.05, 0) is 34.7 Å². The molecule has 1 rings (SSSR count). The Balaban J connectivity index is 2.92. The highest BCUT2D eigenvalue weighted by Crippen LogP contribution is 2.20. The minimum atomic E-state index is -0.549. The fraction of sp³-hybridized carbons (Fsp3) is 0.111. The molecule has 0 aliphatic heterocycles. The van der Waals surface area contributed by atoms with E-state index in [1.54, 1.807) is 28.7 Å². The second-order valence-corrected chi connectivity index (χ2v) is 3.50. The lowest BCUT2D eigenvalue weighted by atomic mass is 10.3. The van der Waals surface area contributed by atoms with Gasteiger partial charge in [0, 0.05) is 12.2 Å². The van der Waals surface area contributed by atoms with Crippen molar-refractivity contribution in [3.05, 3.63) is 40.0 Å². The summed E-state index contributed by atoms with van der Waals surface area (Å²) in [6.45, 7) is 3.97. The highest BCUT2D eigenvalue weighted by Gasteiger charge is 2.06. The number of benzene rings is 1. The van der Waals surface area contributed by atoms with Gasteiger partial charge >= 0.3 is 0 Å². The Hall–Kier alpha value is -0.650. The van der Waals surface area contributed by atoms with Gasteiger partial charge in [-0.25, -0.2) is 8.78 Å². The van der Waals surface area contributed by atoms with Crippen LogP contribution in [-0.2, 0) is 0 Å². The summed E-state index contributed by atoms with van der Waals surface area (Å²) in [6, 6.07) is 2.52. The maximum absolute atomic E-state index is 13.0. The van der Waals surface area contributed by atoms with Crippen LogP contribution in [0.2, 0.25) is 0 Å². The first-order valence-electron chi connectivity index (χ1n) is 3.64. The van der Waals surface area contributed by atoms with Gasteiger partial charge in [-0.1, -0.05) is 6.08 Å². The summed E-state index contributed by atoms with van der Waals surface area (Å²) in [5.74, 6) is -1.10. The van der Waals surface area contributed by atoms with E-state index in [2.05, 4.69) is 11.9 Å². The number of anilines is 1. The average molecular weight is 295 g/mol. The summed E-state index contributed by atoms with van der Waals surface area (Å²) in [7, 11) is 0. The molecule has 0 aromatic heterocycles. The zero-order valence-corrected chi connectivity index (χ0v) is 8.94. The van der Waals surface area contributed by atoms with Crippen molar-refractivity contribution >= 4 is 28.3 Å². The van der Waals surface area contributed by atoms with E-state index in [1.807, 2.05) is 0 Å². The first-order valence-corrected chi connectivity index (χ1v) is 4.72. The summed E-state index contributed by atoms with van der Waals surface area (Å²) in [5.41, 5.74) is 0.426. The molecule has 0 saturated carbocycles. The largest absolute Gasteiger partial charge is 0.381 e. The molecule has 1 nitrogen and oxygen atoms in total. The molecule has 4 heteroatoms. The van der Waals surface area contributed by atoms with Crippen LogP contribution in [0.5, 0.6) is 0 Å². The van der Waals surface area contributed by atoms with Crippen molar-refractivity contribution in [2.24, 2.45) is 0 Å². The van der Waals surface area contributed by atoms with Crippen LogP contribution in [0.3, 0.4) is 0 Å². The average Bonchev–Trinajstić information content (AvgIpc) is 2.10. The molecule has 0 aliphatic rings. The van der Waals surface area contributed by atoms with Crippen molar-refractivity contribution in [2.45, 2.75) is 0 Å². The minimum absolute atomic E-state index is 0.0155. The van der Waals surface area contributed by atoms with Gasteiger partial charge in [0.2, 0.25) is 0 Å². The first-order chi connectivity index (χ1) is 6.15. The standard InChI is InChI=1S/C9H8F2IN/c1-2-3-13-6-4-7(10)9(12)8(11)5-6/h2,4-5,13H,1,3H2. The Morgan fingerprint density at radius 1 is 1.38 bits per heavy atom. The molecule has 0 saturated heterocycles. The molecular weight excluding hydrogens is 287 g/mol. The molecule has 1 aromatic carbocycles. The highest BCUT2D eigenvalue weighted by molar-refractivity contribution is 14.1.